The number of hydrogen-bond donors (Lipinski definition) is 0. The predicted molar refractivity (Wildman–Crippen MR) is 66.1 cm³/mol. The Morgan fingerprint density at radius 2 is 2.00 bits per heavy atom. The van der Waals surface area contributed by atoms with Crippen LogP contribution in [-0.4, -0.2) is 14.6 Å². The summed E-state index contributed by atoms with van der Waals surface area (Å²) >= 11 is 0. The van der Waals surface area contributed by atoms with Crippen molar-refractivity contribution in [3.63, 3.8) is 0 Å². The summed E-state index contributed by atoms with van der Waals surface area (Å²) in [6.45, 7) is 11.4. The van der Waals surface area contributed by atoms with E-state index < -0.39 is 8.32 Å². The maximum atomic E-state index is 10.5. The molecule has 0 radical (unpaired) electrons. The average molecular weight is 240 g/mol. The third kappa shape index (κ3) is 3.06. The van der Waals surface area contributed by atoms with Crippen LogP contribution in [0.25, 0.3) is 0 Å². The van der Waals surface area contributed by atoms with E-state index in [1.807, 2.05) is 0 Å². The largest absolute Gasteiger partial charge is 0.456 e. The van der Waals surface area contributed by atoms with Crippen molar-refractivity contribution in [2.75, 3.05) is 0 Å². The summed E-state index contributed by atoms with van der Waals surface area (Å²) in [5, 5.41) is 0.188. The number of rotatable bonds is 4. The summed E-state index contributed by atoms with van der Waals surface area (Å²) in [7, 11) is -1.74. The lowest BCUT2D eigenvalue weighted by Gasteiger charge is -2.35. The molecule has 1 rings (SSSR count). The average Bonchev–Trinajstić information content (AvgIpc) is 2.60. The molecule has 0 spiro atoms. The third-order valence-corrected chi connectivity index (χ3v) is 7.66. The lowest BCUT2D eigenvalue weighted by molar-refractivity contribution is 0.109. The molecule has 0 saturated heterocycles. The summed E-state index contributed by atoms with van der Waals surface area (Å²) in [6, 6.07) is 3.45. The highest BCUT2D eigenvalue weighted by Crippen LogP contribution is 2.37. The van der Waals surface area contributed by atoms with E-state index in [1.54, 1.807) is 12.1 Å². The molecule has 16 heavy (non-hydrogen) atoms. The monoisotopic (exact) mass is 240 g/mol. The Labute approximate surface area is 97.9 Å². The van der Waals surface area contributed by atoms with Gasteiger partial charge in [0.2, 0.25) is 0 Å². The maximum absolute atomic E-state index is 10.5. The Kier molecular flexibility index (Phi) is 3.75. The summed E-state index contributed by atoms with van der Waals surface area (Å²) < 4.78 is 11.2. The molecule has 0 fully saturated rings. The van der Waals surface area contributed by atoms with Crippen molar-refractivity contribution in [3.05, 3.63) is 23.7 Å². The fourth-order valence-electron chi connectivity index (χ4n) is 1.00. The van der Waals surface area contributed by atoms with E-state index in [1.165, 1.54) is 0 Å². The smallest absolute Gasteiger partial charge is 0.192 e. The van der Waals surface area contributed by atoms with Crippen LogP contribution in [0.3, 0.4) is 0 Å². The molecule has 0 amide bonds. The minimum absolute atomic E-state index is 0.188. The molecule has 90 valence electrons. The molecule has 3 nitrogen and oxygen atoms in total. The van der Waals surface area contributed by atoms with E-state index in [0.29, 0.717) is 24.4 Å². The van der Waals surface area contributed by atoms with Crippen LogP contribution < -0.4 is 0 Å². The zero-order valence-electron chi connectivity index (χ0n) is 10.7. The van der Waals surface area contributed by atoms with E-state index in [2.05, 4.69) is 33.9 Å². The van der Waals surface area contributed by atoms with Crippen LogP contribution in [0.15, 0.2) is 16.5 Å². The van der Waals surface area contributed by atoms with Gasteiger partial charge in [0.25, 0.3) is 0 Å². The molecule has 0 atom stereocenters. The predicted octanol–water partition coefficient (Wildman–Crippen LogP) is 3.61. The quantitative estimate of drug-likeness (QED) is 0.596. The third-order valence-electron chi connectivity index (χ3n) is 3.18. The Balaban J connectivity index is 2.61. The molecule has 0 N–H and O–H groups in total. The van der Waals surface area contributed by atoms with Gasteiger partial charge in [-0.2, -0.15) is 0 Å². The van der Waals surface area contributed by atoms with Crippen LogP contribution in [-0.2, 0) is 11.0 Å². The zero-order valence-corrected chi connectivity index (χ0v) is 11.7. The van der Waals surface area contributed by atoms with Gasteiger partial charge in [-0.25, -0.2) is 0 Å². The first kappa shape index (κ1) is 13.2. The number of hydrogen-bond acceptors (Lipinski definition) is 3. The van der Waals surface area contributed by atoms with Crippen molar-refractivity contribution in [3.8, 4) is 0 Å². The van der Waals surface area contributed by atoms with Crippen molar-refractivity contribution in [1.82, 2.24) is 0 Å². The fraction of sp³-hybridized carbons (Fsp3) is 0.583. The van der Waals surface area contributed by atoms with Crippen LogP contribution in [0, 0.1) is 0 Å². The molecule has 0 aliphatic rings. The summed E-state index contributed by atoms with van der Waals surface area (Å²) in [5.74, 6) is 1.07. The Morgan fingerprint density at radius 1 is 1.38 bits per heavy atom. The van der Waals surface area contributed by atoms with Gasteiger partial charge in [0.05, 0.1) is 6.61 Å². The summed E-state index contributed by atoms with van der Waals surface area (Å²) in [4.78, 5) is 10.5. The molecule has 0 saturated carbocycles. The molecule has 1 aromatic rings. The Morgan fingerprint density at radius 3 is 2.44 bits per heavy atom. The molecule has 0 unspecified atom stereocenters. The van der Waals surface area contributed by atoms with Gasteiger partial charge in [-0.1, -0.05) is 20.8 Å². The molecule has 0 bridgehead atoms. The lowest BCUT2D eigenvalue weighted by atomic mass is 10.2. The van der Waals surface area contributed by atoms with Crippen LogP contribution in [0.4, 0.5) is 0 Å². The Hall–Kier alpha value is -0.873. The minimum Gasteiger partial charge on any atom is -0.456 e. The van der Waals surface area contributed by atoms with Crippen molar-refractivity contribution in [1.29, 1.82) is 0 Å². The first-order chi connectivity index (χ1) is 7.26. The molecular formula is C12H20O3Si. The van der Waals surface area contributed by atoms with Crippen LogP contribution in [0.2, 0.25) is 18.1 Å². The topological polar surface area (TPSA) is 39.4 Å². The molecule has 0 aliphatic carbocycles. The second kappa shape index (κ2) is 4.55. The standard InChI is InChI=1S/C12H20O3Si/c1-12(2,3)16(4,5)14-9-11-7-6-10(8-13)15-11/h6-8H,9H2,1-5H3. The Bertz CT molecular complexity index is 361. The SMILES string of the molecule is CC(C)(C)[Si](C)(C)OCc1ccc(C=O)o1. The van der Waals surface area contributed by atoms with Crippen molar-refractivity contribution in [2.45, 2.75) is 45.5 Å². The van der Waals surface area contributed by atoms with Gasteiger partial charge < -0.3 is 8.84 Å². The highest BCUT2D eigenvalue weighted by atomic mass is 28.4. The van der Waals surface area contributed by atoms with E-state index in [4.69, 9.17) is 8.84 Å². The number of furan rings is 1. The molecule has 0 aromatic carbocycles. The second-order valence-electron chi connectivity index (χ2n) is 5.47. The lowest BCUT2D eigenvalue weighted by Crippen LogP contribution is -2.40. The first-order valence-electron chi connectivity index (χ1n) is 5.44. The number of aldehydes is 1. The van der Waals surface area contributed by atoms with Gasteiger partial charge in [-0.05, 0) is 30.3 Å². The fourth-order valence-corrected chi connectivity index (χ4v) is 1.94. The highest BCUT2D eigenvalue weighted by Gasteiger charge is 2.37. The van der Waals surface area contributed by atoms with Crippen LogP contribution in [0.5, 0.6) is 0 Å². The molecule has 1 aromatic heterocycles. The second-order valence-corrected chi connectivity index (χ2v) is 10.3. The van der Waals surface area contributed by atoms with E-state index in [0.717, 1.165) is 0 Å². The van der Waals surface area contributed by atoms with Gasteiger partial charge >= 0.3 is 0 Å². The summed E-state index contributed by atoms with van der Waals surface area (Å²) in [5.41, 5.74) is 0. The first-order valence-corrected chi connectivity index (χ1v) is 8.35. The molecular weight excluding hydrogens is 220 g/mol. The van der Waals surface area contributed by atoms with Crippen molar-refractivity contribution < 1.29 is 13.6 Å². The van der Waals surface area contributed by atoms with Gasteiger partial charge in [-0.15, -0.1) is 0 Å². The maximum Gasteiger partial charge on any atom is 0.192 e. The van der Waals surface area contributed by atoms with E-state index >= 15 is 0 Å². The normalized spacial score (nSPS) is 12.8. The van der Waals surface area contributed by atoms with E-state index in [9.17, 15) is 4.79 Å². The van der Waals surface area contributed by atoms with Gasteiger partial charge in [0, 0.05) is 0 Å². The molecule has 0 aliphatic heterocycles. The number of carbonyl (C=O) groups is 1. The van der Waals surface area contributed by atoms with Crippen LogP contribution in [0.1, 0.15) is 37.1 Å². The minimum atomic E-state index is -1.74. The highest BCUT2D eigenvalue weighted by molar-refractivity contribution is 6.74. The number of carbonyl (C=O) groups excluding carboxylic acids is 1. The van der Waals surface area contributed by atoms with Crippen molar-refractivity contribution in [2.24, 2.45) is 0 Å². The van der Waals surface area contributed by atoms with Crippen molar-refractivity contribution >= 4 is 14.6 Å². The zero-order chi connectivity index (χ0) is 12.4. The van der Waals surface area contributed by atoms with E-state index in [-0.39, 0.29) is 5.04 Å². The van der Waals surface area contributed by atoms with Gasteiger partial charge in [0.15, 0.2) is 20.4 Å². The molecule has 1 heterocycles. The summed E-state index contributed by atoms with van der Waals surface area (Å²) in [6.07, 6.45) is 0.704. The molecule has 4 heteroatoms. The van der Waals surface area contributed by atoms with Gasteiger partial charge in [0.1, 0.15) is 5.76 Å². The van der Waals surface area contributed by atoms with Gasteiger partial charge in [-0.3, -0.25) is 4.79 Å². The van der Waals surface area contributed by atoms with Crippen LogP contribution >= 0.6 is 0 Å².